The van der Waals surface area contributed by atoms with Crippen molar-refractivity contribution in [3.05, 3.63) is 60.3 Å². The topological polar surface area (TPSA) is 51.3 Å². The van der Waals surface area contributed by atoms with E-state index in [1.807, 2.05) is 42.6 Å². The zero-order chi connectivity index (χ0) is 15.4. The van der Waals surface area contributed by atoms with Crippen molar-refractivity contribution in [1.29, 1.82) is 0 Å². The zero-order valence-corrected chi connectivity index (χ0v) is 12.3. The Bertz CT molecular complexity index is 792. The summed E-state index contributed by atoms with van der Waals surface area (Å²) in [4.78, 5) is 15.2. The van der Waals surface area contributed by atoms with Crippen LogP contribution in [0.3, 0.4) is 0 Å². The van der Waals surface area contributed by atoms with Gasteiger partial charge >= 0.3 is 5.97 Å². The summed E-state index contributed by atoms with van der Waals surface area (Å²) in [5.41, 5.74) is 2.20. The number of rotatable bonds is 5. The maximum absolute atomic E-state index is 12.0. The van der Waals surface area contributed by atoms with E-state index in [-0.39, 0.29) is 5.97 Å². The lowest BCUT2D eigenvalue weighted by Crippen LogP contribution is -2.09. The molecule has 3 aromatic rings. The fraction of sp³-hybridized carbons (Fsp3) is 0.167. The van der Waals surface area contributed by atoms with Gasteiger partial charge in [0.2, 0.25) is 0 Å². The molecule has 4 heteroatoms. The quantitative estimate of drug-likeness (QED) is 0.576. The van der Waals surface area contributed by atoms with Crippen LogP contribution < -0.4 is 9.47 Å². The fourth-order valence-electron chi connectivity index (χ4n) is 2.45. The van der Waals surface area contributed by atoms with Crippen molar-refractivity contribution in [1.82, 2.24) is 4.98 Å². The van der Waals surface area contributed by atoms with E-state index in [9.17, 15) is 4.79 Å². The first kappa shape index (κ1) is 14.2. The highest BCUT2D eigenvalue weighted by Crippen LogP contribution is 2.26. The Kier molecular flexibility index (Phi) is 4.10. The summed E-state index contributed by atoms with van der Waals surface area (Å²) in [5, 5.41) is 1.15. The number of H-pyrrole nitrogens is 1. The standard InChI is InChI=1S/C18H17NO3/c1-21-16-8-4-5-9-17(16)22-18(20)11-10-13-12-19-15-7-3-2-6-14(13)15/h2-9,12,19H,10-11H2,1H3. The Labute approximate surface area is 128 Å². The van der Waals surface area contributed by atoms with Gasteiger partial charge in [-0.2, -0.15) is 0 Å². The van der Waals surface area contributed by atoms with Crippen LogP contribution in [0.15, 0.2) is 54.7 Å². The second kappa shape index (κ2) is 6.35. The molecule has 3 rings (SSSR count). The minimum atomic E-state index is -0.269. The molecule has 1 N–H and O–H groups in total. The predicted octanol–water partition coefficient (Wildman–Crippen LogP) is 3.71. The molecule has 0 amide bonds. The lowest BCUT2D eigenvalue weighted by molar-refractivity contribution is -0.134. The summed E-state index contributed by atoms with van der Waals surface area (Å²) < 4.78 is 10.5. The zero-order valence-electron chi connectivity index (χ0n) is 12.3. The number of aromatic amines is 1. The highest BCUT2D eigenvalue weighted by atomic mass is 16.6. The molecule has 0 bridgehead atoms. The number of carbonyl (C=O) groups is 1. The van der Waals surface area contributed by atoms with Crippen molar-refractivity contribution in [3.8, 4) is 11.5 Å². The molecule has 0 atom stereocenters. The third-order valence-electron chi connectivity index (χ3n) is 3.57. The van der Waals surface area contributed by atoms with Crippen LogP contribution in [0.5, 0.6) is 11.5 Å². The van der Waals surface area contributed by atoms with Crippen molar-refractivity contribution in [2.75, 3.05) is 7.11 Å². The summed E-state index contributed by atoms with van der Waals surface area (Å²) in [6.45, 7) is 0. The summed E-state index contributed by atoms with van der Waals surface area (Å²) in [5.74, 6) is 0.742. The van der Waals surface area contributed by atoms with Crippen LogP contribution in [0.4, 0.5) is 0 Å². The van der Waals surface area contributed by atoms with E-state index in [0.29, 0.717) is 24.3 Å². The first-order chi connectivity index (χ1) is 10.8. The van der Waals surface area contributed by atoms with E-state index in [4.69, 9.17) is 9.47 Å². The molecule has 0 unspecified atom stereocenters. The second-order valence-electron chi connectivity index (χ2n) is 4.98. The number of methoxy groups -OCH3 is 1. The van der Waals surface area contributed by atoms with Crippen molar-refractivity contribution >= 4 is 16.9 Å². The molecule has 1 heterocycles. The monoisotopic (exact) mass is 295 g/mol. The van der Waals surface area contributed by atoms with Crippen LogP contribution in [0, 0.1) is 0 Å². The van der Waals surface area contributed by atoms with E-state index in [1.165, 1.54) is 0 Å². The van der Waals surface area contributed by atoms with Gasteiger partial charge in [-0.15, -0.1) is 0 Å². The molecule has 0 spiro atoms. The van der Waals surface area contributed by atoms with Crippen LogP contribution >= 0.6 is 0 Å². The van der Waals surface area contributed by atoms with Gasteiger partial charge in [0.05, 0.1) is 13.5 Å². The number of carbonyl (C=O) groups excluding carboxylic acids is 1. The molecule has 0 aliphatic heterocycles. The third-order valence-corrected chi connectivity index (χ3v) is 3.57. The average molecular weight is 295 g/mol. The molecule has 1 aromatic heterocycles. The third kappa shape index (κ3) is 2.96. The minimum absolute atomic E-state index is 0.269. The number of aryl methyl sites for hydroxylation is 1. The first-order valence-electron chi connectivity index (χ1n) is 7.16. The van der Waals surface area contributed by atoms with Gasteiger partial charge in [-0.25, -0.2) is 0 Å². The number of hydrogen-bond donors (Lipinski definition) is 1. The van der Waals surface area contributed by atoms with Crippen molar-refractivity contribution in [3.63, 3.8) is 0 Å². The van der Waals surface area contributed by atoms with E-state index in [1.54, 1.807) is 19.2 Å². The van der Waals surface area contributed by atoms with E-state index < -0.39 is 0 Å². The van der Waals surface area contributed by atoms with Gasteiger partial charge in [0.1, 0.15) is 0 Å². The second-order valence-corrected chi connectivity index (χ2v) is 4.98. The van der Waals surface area contributed by atoms with Crippen molar-refractivity contribution in [2.24, 2.45) is 0 Å². The summed E-state index contributed by atoms with van der Waals surface area (Å²) in [7, 11) is 1.55. The Morgan fingerprint density at radius 3 is 2.59 bits per heavy atom. The lowest BCUT2D eigenvalue weighted by atomic mass is 10.1. The van der Waals surface area contributed by atoms with Gasteiger partial charge in [0, 0.05) is 17.1 Å². The molecular formula is C18H17NO3. The van der Waals surface area contributed by atoms with E-state index in [2.05, 4.69) is 4.98 Å². The van der Waals surface area contributed by atoms with Gasteiger partial charge < -0.3 is 14.5 Å². The first-order valence-corrected chi connectivity index (χ1v) is 7.16. The number of ether oxygens (including phenoxy) is 2. The molecule has 0 fully saturated rings. The Balaban J connectivity index is 1.65. The number of benzene rings is 2. The molecule has 0 saturated heterocycles. The summed E-state index contributed by atoms with van der Waals surface area (Å²) in [6, 6.07) is 15.2. The molecule has 22 heavy (non-hydrogen) atoms. The smallest absolute Gasteiger partial charge is 0.311 e. The van der Waals surface area contributed by atoms with Gasteiger partial charge in [-0.3, -0.25) is 4.79 Å². The van der Waals surface area contributed by atoms with Crippen LogP contribution in [-0.4, -0.2) is 18.1 Å². The fourth-order valence-corrected chi connectivity index (χ4v) is 2.45. The number of hydrogen-bond acceptors (Lipinski definition) is 3. The molecule has 0 radical (unpaired) electrons. The number of fused-ring (bicyclic) bond motifs is 1. The van der Waals surface area contributed by atoms with Crippen molar-refractivity contribution < 1.29 is 14.3 Å². The van der Waals surface area contributed by atoms with Gasteiger partial charge in [-0.1, -0.05) is 30.3 Å². The Hall–Kier alpha value is -2.75. The highest BCUT2D eigenvalue weighted by molar-refractivity contribution is 5.83. The summed E-state index contributed by atoms with van der Waals surface area (Å²) in [6.07, 6.45) is 2.90. The Morgan fingerprint density at radius 2 is 1.77 bits per heavy atom. The van der Waals surface area contributed by atoms with E-state index >= 15 is 0 Å². The average Bonchev–Trinajstić information content (AvgIpc) is 2.97. The molecule has 0 aliphatic carbocycles. The highest BCUT2D eigenvalue weighted by Gasteiger charge is 2.11. The largest absolute Gasteiger partial charge is 0.493 e. The van der Waals surface area contributed by atoms with Crippen molar-refractivity contribution in [2.45, 2.75) is 12.8 Å². The lowest BCUT2D eigenvalue weighted by Gasteiger charge is -2.08. The van der Waals surface area contributed by atoms with Crippen LogP contribution in [0.25, 0.3) is 10.9 Å². The summed E-state index contributed by atoms with van der Waals surface area (Å²) >= 11 is 0. The molecular weight excluding hydrogens is 278 g/mol. The maximum atomic E-state index is 12.0. The van der Waals surface area contributed by atoms with Gasteiger partial charge in [0.15, 0.2) is 11.5 Å². The van der Waals surface area contributed by atoms with E-state index in [0.717, 1.165) is 16.5 Å². The van der Waals surface area contributed by atoms with Gasteiger partial charge in [0.25, 0.3) is 0 Å². The number of aromatic nitrogens is 1. The number of nitrogens with one attached hydrogen (secondary N) is 1. The molecule has 112 valence electrons. The molecule has 0 saturated carbocycles. The minimum Gasteiger partial charge on any atom is -0.493 e. The van der Waals surface area contributed by atoms with Gasteiger partial charge in [-0.05, 0) is 30.2 Å². The Morgan fingerprint density at radius 1 is 1.05 bits per heavy atom. The molecule has 2 aromatic carbocycles. The molecule has 4 nitrogen and oxygen atoms in total. The van der Waals surface area contributed by atoms with Crippen LogP contribution in [0.1, 0.15) is 12.0 Å². The molecule has 0 aliphatic rings. The number of esters is 1. The van der Waals surface area contributed by atoms with Crippen LogP contribution in [0.2, 0.25) is 0 Å². The van der Waals surface area contributed by atoms with Crippen LogP contribution in [-0.2, 0) is 11.2 Å². The maximum Gasteiger partial charge on any atom is 0.311 e. The SMILES string of the molecule is COc1ccccc1OC(=O)CCc1c[nH]c2ccccc12. The predicted molar refractivity (Wildman–Crippen MR) is 85.2 cm³/mol. The number of para-hydroxylation sites is 3. The normalized spacial score (nSPS) is 10.6.